The van der Waals surface area contributed by atoms with E-state index in [9.17, 15) is 12.8 Å². The van der Waals surface area contributed by atoms with Gasteiger partial charge in [-0.1, -0.05) is 6.92 Å². The standard InChI is InChI=1S/C17H20FN5O2S/c1-5-10-6-11(26(4,24)25)7-12(18)16(10)23(3)14-8-13-15(17(19)21-14)20-9-22(13)2/h6-9H,5H2,1-4H3,(H2,19,21). The van der Waals surface area contributed by atoms with E-state index in [1.165, 1.54) is 6.07 Å². The summed E-state index contributed by atoms with van der Waals surface area (Å²) in [6, 6.07) is 4.30. The maximum absolute atomic E-state index is 14.8. The number of sulfone groups is 1. The zero-order valence-electron chi connectivity index (χ0n) is 15.0. The third-order valence-electron chi connectivity index (χ3n) is 4.33. The molecular weight excluding hydrogens is 357 g/mol. The van der Waals surface area contributed by atoms with Crippen LogP contribution in [0.2, 0.25) is 0 Å². The fourth-order valence-electron chi connectivity index (χ4n) is 2.91. The van der Waals surface area contributed by atoms with Crippen molar-refractivity contribution in [1.29, 1.82) is 0 Å². The highest BCUT2D eigenvalue weighted by molar-refractivity contribution is 7.90. The van der Waals surface area contributed by atoms with Gasteiger partial charge in [0, 0.05) is 26.4 Å². The lowest BCUT2D eigenvalue weighted by molar-refractivity contribution is 0.595. The van der Waals surface area contributed by atoms with Gasteiger partial charge in [-0.05, 0) is 24.1 Å². The molecular formula is C17H20FN5O2S. The fraction of sp³-hybridized carbons (Fsp3) is 0.294. The minimum atomic E-state index is -3.50. The minimum Gasteiger partial charge on any atom is -0.382 e. The number of benzene rings is 1. The lowest BCUT2D eigenvalue weighted by Crippen LogP contribution is -2.16. The van der Waals surface area contributed by atoms with Crippen molar-refractivity contribution in [1.82, 2.24) is 14.5 Å². The zero-order valence-corrected chi connectivity index (χ0v) is 15.8. The van der Waals surface area contributed by atoms with E-state index in [0.717, 1.165) is 17.8 Å². The van der Waals surface area contributed by atoms with E-state index in [2.05, 4.69) is 9.97 Å². The van der Waals surface area contributed by atoms with Crippen LogP contribution in [-0.2, 0) is 23.3 Å². The average Bonchev–Trinajstić information content (AvgIpc) is 2.94. The van der Waals surface area contributed by atoms with E-state index < -0.39 is 15.7 Å². The molecule has 0 saturated heterocycles. The van der Waals surface area contributed by atoms with Crippen molar-refractivity contribution in [3.63, 3.8) is 0 Å². The van der Waals surface area contributed by atoms with Crippen molar-refractivity contribution in [2.45, 2.75) is 18.2 Å². The van der Waals surface area contributed by atoms with Crippen molar-refractivity contribution >= 4 is 38.2 Å². The Balaban J connectivity index is 2.19. The van der Waals surface area contributed by atoms with Crippen molar-refractivity contribution in [2.24, 2.45) is 7.05 Å². The van der Waals surface area contributed by atoms with Crippen molar-refractivity contribution < 1.29 is 12.8 Å². The molecule has 3 rings (SSSR count). The number of aromatic nitrogens is 3. The topological polar surface area (TPSA) is 94.1 Å². The molecule has 0 bridgehead atoms. The number of imidazole rings is 1. The lowest BCUT2D eigenvalue weighted by atomic mass is 10.1. The van der Waals surface area contributed by atoms with Crippen LogP contribution in [0.4, 0.5) is 21.7 Å². The second-order valence-corrected chi connectivity index (χ2v) is 8.20. The van der Waals surface area contributed by atoms with Gasteiger partial charge in [-0.25, -0.2) is 22.8 Å². The first-order chi connectivity index (χ1) is 12.1. The van der Waals surface area contributed by atoms with Crippen LogP contribution in [0, 0.1) is 5.82 Å². The van der Waals surface area contributed by atoms with Gasteiger partial charge >= 0.3 is 0 Å². The first-order valence-electron chi connectivity index (χ1n) is 7.97. The first-order valence-corrected chi connectivity index (χ1v) is 9.86. The van der Waals surface area contributed by atoms with Gasteiger partial charge in [-0.2, -0.15) is 0 Å². The minimum absolute atomic E-state index is 0.0430. The first kappa shape index (κ1) is 18.1. The van der Waals surface area contributed by atoms with Crippen LogP contribution in [0.15, 0.2) is 29.4 Å². The number of hydrogen-bond acceptors (Lipinski definition) is 6. The van der Waals surface area contributed by atoms with E-state index in [4.69, 9.17) is 5.73 Å². The van der Waals surface area contributed by atoms with Crippen LogP contribution in [-0.4, -0.2) is 36.3 Å². The quantitative estimate of drug-likeness (QED) is 0.750. The summed E-state index contributed by atoms with van der Waals surface area (Å²) in [6.45, 7) is 1.84. The molecule has 2 aromatic heterocycles. The number of nitrogen functional groups attached to an aromatic ring is 1. The van der Waals surface area contributed by atoms with E-state index in [-0.39, 0.29) is 16.4 Å². The van der Waals surface area contributed by atoms with Crippen LogP contribution >= 0.6 is 0 Å². The van der Waals surface area contributed by atoms with Gasteiger partial charge in [-0.3, -0.25) is 0 Å². The molecule has 9 heteroatoms. The molecule has 2 heterocycles. The molecule has 0 aliphatic heterocycles. The Morgan fingerprint density at radius 1 is 1.31 bits per heavy atom. The molecule has 0 fully saturated rings. The molecule has 7 nitrogen and oxygen atoms in total. The molecule has 0 unspecified atom stereocenters. The molecule has 0 spiro atoms. The van der Waals surface area contributed by atoms with Crippen molar-refractivity contribution in [2.75, 3.05) is 23.9 Å². The second-order valence-electron chi connectivity index (χ2n) is 6.19. The Bertz CT molecular complexity index is 1110. The number of halogens is 1. The van der Waals surface area contributed by atoms with E-state index in [0.29, 0.717) is 23.3 Å². The third-order valence-corrected chi connectivity index (χ3v) is 5.42. The number of nitrogens with zero attached hydrogens (tertiary/aromatic N) is 4. The molecule has 0 radical (unpaired) electrons. The van der Waals surface area contributed by atoms with E-state index in [1.807, 2.05) is 14.0 Å². The molecule has 1 aromatic carbocycles. The van der Waals surface area contributed by atoms with Crippen LogP contribution < -0.4 is 10.6 Å². The average molecular weight is 377 g/mol. The highest BCUT2D eigenvalue weighted by Crippen LogP contribution is 2.33. The maximum atomic E-state index is 14.8. The van der Waals surface area contributed by atoms with Crippen LogP contribution in [0.5, 0.6) is 0 Å². The number of anilines is 3. The highest BCUT2D eigenvalue weighted by atomic mass is 32.2. The van der Waals surface area contributed by atoms with Crippen molar-refractivity contribution in [3.8, 4) is 0 Å². The molecule has 0 atom stereocenters. The number of nitrogens with two attached hydrogens (primary N) is 1. The molecule has 2 N–H and O–H groups in total. The molecule has 26 heavy (non-hydrogen) atoms. The van der Waals surface area contributed by atoms with Crippen LogP contribution in [0.3, 0.4) is 0 Å². The summed E-state index contributed by atoms with van der Waals surface area (Å²) in [4.78, 5) is 10.0. The van der Waals surface area contributed by atoms with Crippen LogP contribution in [0.25, 0.3) is 11.0 Å². The lowest BCUT2D eigenvalue weighted by Gasteiger charge is -2.23. The van der Waals surface area contributed by atoms with Gasteiger partial charge in [0.05, 0.1) is 22.4 Å². The maximum Gasteiger partial charge on any atom is 0.175 e. The number of fused-ring (bicyclic) bond motifs is 1. The Morgan fingerprint density at radius 3 is 2.62 bits per heavy atom. The summed E-state index contributed by atoms with van der Waals surface area (Å²) in [6.07, 6.45) is 3.15. The van der Waals surface area contributed by atoms with Gasteiger partial charge in [-0.15, -0.1) is 0 Å². The van der Waals surface area contributed by atoms with Gasteiger partial charge < -0.3 is 15.2 Å². The zero-order chi connectivity index (χ0) is 19.2. The summed E-state index contributed by atoms with van der Waals surface area (Å²) in [5, 5.41) is 0. The summed E-state index contributed by atoms with van der Waals surface area (Å²) in [7, 11) is -0.00519. The van der Waals surface area contributed by atoms with Gasteiger partial charge in [0.25, 0.3) is 0 Å². The highest BCUT2D eigenvalue weighted by Gasteiger charge is 2.21. The number of hydrogen-bond donors (Lipinski definition) is 1. The van der Waals surface area contributed by atoms with Crippen molar-refractivity contribution in [3.05, 3.63) is 35.9 Å². The Kier molecular flexibility index (Phi) is 4.35. The molecule has 138 valence electrons. The smallest absolute Gasteiger partial charge is 0.175 e. The second kappa shape index (κ2) is 6.24. The Hall–Kier alpha value is -2.68. The SMILES string of the molecule is CCc1cc(S(C)(=O)=O)cc(F)c1N(C)c1cc2c(ncn2C)c(N)n1. The number of aryl methyl sites for hydroxylation is 2. The summed E-state index contributed by atoms with van der Waals surface area (Å²) in [5.41, 5.74) is 8.18. The number of rotatable bonds is 4. The molecule has 0 aliphatic carbocycles. The Labute approximate surface area is 151 Å². The number of pyridine rings is 1. The van der Waals surface area contributed by atoms with Gasteiger partial charge in [0.2, 0.25) is 0 Å². The van der Waals surface area contributed by atoms with Crippen LogP contribution in [0.1, 0.15) is 12.5 Å². The normalized spacial score (nSPS) is 11.9. The van der Waals surface area contributed by atoms with E-state index in [1.54, 1.807) is 28.9 Å². The fourth-order valence-corrected chi connectivity index (χ4v) is 3.59. The monoisotopic (exact) mass is 377 g/mol. The summed E-state index contributed by atoms with van der Waals surface area (Å²) >= 11 is 0. The largest absolute Gasteiger partial charge is 0.382 e. The molecule has 0 amide bonds. The predicted molar refractivity (Wildman–Crippen MR) is 99.9 cm³/mol. The molecule has 0 saturated carbocycles. The molecule has 3 aromatic rings. The van der Waals surface area contributed by atoms with Gasteiger partial charge in [0.15, 0.2) is 15.7 Å². The summed E-state index contributed by atoms with van der Waals surface area (Å²) < 4.78 is 40.2. The Morgan fingerprint density at radius 2 is 2.00 bits per heavy atom. The van der Waals surface area contributed by atoms with E-state index >= 15 is 0 Å². The molecule has 0 aliphatic rings. The summed E-state index contributed by atoms with van der Waals surface area (Å²) in [5.74, 6) is 0.0632. The van der Waals surface area contributed by atoms with Gasteiger partial charge in [0.1, 0.15) is 17.2 Å². The third kappa shape index (κ3) is 2.98. The predicted octanol–water partition coefficient (Wildman–Crippen LogP) is 2.42.